The summed E-state index contributed by atoms with van der Waals surface area (Å²) in [5.74, 6) is 1.07. The predicted molar refractivity (Wildman–Crippen MR) is 57.1 cm³/mol. The number of nitrogens with zero attached hydrogens (tertiary/aromatic N) is 3. The van der Waals surface area contributed by atoms with Crippen molar-refractivity contribution in [2.45, 2.75) is 0 Å². The monoisotopic (exact) mass is 264 g/mol. The molecule has 5 nitrogen and oxygen atoms in total. The topological polar surface area (TPSA) is 67.6 Å². The molecule has 0 fully saturated rings. The molecule has 1 aromatic carbocycles. The van der Waals surface area contributed by atoms with Gasteiger partial charge in [-0.3, -0.25) is 0 Å². The van der Waals surface area contributed by atoms with Gasteiger partial charge in [0.2, 0.25) is 5.82 Å². The molecule has 2 heterocycles. The molecule has 0 aliphatic heterocycles. The first-order chi connectivity index (χ1) is 7.33. The number of nitrogens with one attached hydrogen (secondary N) is 1. The zero-order chi connectivity index (χ0) is 10.3. The molecule has 0 unspecified atom stereocenters. The Morgan fingerprint density at radius 3 is 3.00 bits per heavy atom. The fourth-order valence-electron chi connectivity index (χ4n) is 1.39. The molecule has 15 heavy (non-hydrogen) atoms. The Kier molecular flexibility index (Phi) is 1.81. The summed E-state index contributed by atoms with van der Waals surface area (Å²) in [4.78, 5) is 0. The van der Waals surface area contributed by atoms with E-state index in [4.69, 9.17) is 4.42 Å². The lowest BCUT2D eigenvalue weighted by atomic mass is 10.2. The molecule has 0 saturated heterocycles. The maximum absolute atomic E-state index is 5.56. The number of hydrogen-bond donors (Lipinski definition) is 1. The lowest BCUT2D eigenvalue weighted by molar-refractivity contribution is 0.625. The smallest absolute Gasteiger partial charge is 0.239 e. The van der Waals surface area contributed by atoms with Crippen LogP contribution in [-0.2, 0) is 0 Å². The highest BCUT2D eigenvalue weighted by Crippen LogP contribution is 2.27. The summed E-state index contributed by atoms with van der Waals surface area (Å²) >= 11 is 3.40. The summed E-state index contributed by atoms with van der Waals surface area (Å²) < 4.78 is 6.57. The van der Waals surface area contributed by atoms with Gasteiger partial charge in [0.05, 0.1) is 0 Å². The van der Waals surface area contributed by atoms with Gasteiger partial charge in [0.25, 0.3) is 0 Å². The van der Waals surface area contributed by atoms with E-state index >= 15 is 0 Å². The summed E-state index contributed by atoms with van der Waals surface area (Å²) in [6.45, 7) is 0. The molecule has 2 aromatic heterocycles. The van der Waals surface area contributed by atoms with Crippen molar-refractivity contribution >= 4 is 26.9 Å². The third kappa shape index (κ3) is 1.42. The summed E-state index contributed by atoms with van der Waals surface area (Å²) in [5.41, 5.74) is 0.804. The number of halogens is 1. The molecule has 0 atom stereocenters. The molecule has 0 aliphatic rings. The number of fused-ring (bicyclic) bond motifs is 1. The molecule has 0 spiro atoms. The van der Waals surface area contributed by atoms with E-state index in [9.17, 15) is 0 Å². The number of hydrogen-bond acceptors (Lipinski definition) is 4. The largest absolute Gasteiger partial charge is 0.453 e. The van der Waals surface area contributed by atoms with Crippen LogP contribution in [0, 0.1) is 0 Å². The average Bonchev–Trinajstić information content (AvgIpc) is 2.84. The van der Waals surface area contributed by atoms with Crippen molar-refractivity contribution in [3.63, 3.8) is 0 Å². The van der Waals surface area contributed by atoms with Crippen LogP contribution in [0.5, 0.6) is 0 Å². The van der Waals surface area contributed by atoms with E-state index < -0.39 is 0 Å². The molecule has 3 aromatic rings. The highest BCUT2D eigenvalue weighted by atomic mass is 79.9. The van der Waals surface area contributed by atoms with Gasteiger partial charge in [-0.2, -0.15) is 5.21 Å². The number of H-pyrrole nitrogens is 1. The van der Waals surface area contributed by atoms with Gasteiger partial charge in [-0.05, 0) is 29.5 Å². The number of rotatable bonds is 1. The first-order valence-electron chi connectivity index (χ1n) is 4.26. The molecular weight excluding hydrogens is 260 g/mol. The van der Waals surface area contributed by atoms with Gasteiger partial charge in [0.1, 0.15) is 5.58 Å². The number of benzene rings is 1. The molecule has 0 amide bonds. The van der Waals surface area contributed by atoms with Gasteiger partial charge in [-0.25, -0.2) is 0 Å². The van der Waals surface area contributed by atoms with E-state index in [2.05, 4.69) is 36.6 Å². The molecule has 3 rings (SSSR count). The quantitative estimate of drug-likeness (QED) is 0.733. The van der Waals surface area contributed by atoms with Crippen LogP contribution in [0.1, 0.15) is 0 Å². The number of aromatic nitrogens is 4. The van der Waals surface area contributed by atoms with Crippen molar-refractivity contribution in [2.75, 3.05) is 0 Å². The first kappa shape index (κ1) is 8.60. The predicted octanol–water partition coefficient (Wildman–Crippen LogP) is 2.38. The van der Waals surface area contributed by atoms with E-state index in [0.717, 1.165) is 15.4 Å². The van der Waals surface area contributed by atoms with Gasteiger partial charge >= 0.3 is 0 Å². The number of furan rings is 1. The van der Waals surface area contributed by atoms with Crippen LogP contribution in [0.3, 0.4) is 0 Å². The van der Waals surface area contributed by atoms with Gasteiger partial charge in [-0.1, -0.05) is 15.9 Å². The Bertz CT molecular complexity index is 602. The van der Waals surface area contributed by atoms with Crippen LogP contribution in [0.2, 0.25) is 0 Å². The van der Waals surface area contributed by atoms with E-state index in [1.165, 1.54) is 0 Å². The minimum absolute atomic E-state index is 0.460. The lowest BCUT2D eigenvalue weighted by Gasteiger charge is -1.87. The molecule has 6 heteroatoms. The third-order valence-corrected chi connectivity index (χ3v) is 2.54. The minimum atomic E-state index is 0.460. The van der Waals surface area contributed by atoms with Crippen LogP contribution in [0.15, 0.2) is 33.2 Å². The number of aromatic amines is 1. The van der Waals surface area contributed by atoms with Crippen LogP contribution in [0.4, 0.5) is 0 Å². The van der Waals surface area contributed by atoms with Crippen LogP contribution < -0.4 is 0 Å². The standard InChI is InChI=1S/C9H5BrN4O/c10-6-1-2-7-5(3-6)4-8(15-7)9-11-13-14-12-9/h1-4H,(H,11,12,13,14). The van der Waals surface area contributed by atoms with Gasteiger partial charge < -0.3 is 4.42 Å². The lowest BCUT2D eigenvalue weighted by Crippen LogP contribution is -1.75. The summed E-state index contributed by atoms with van der Waals surface area (Å²) in [7, 11) is 0. The second kappa shape index (κ2) is 3.16. The second-order valence-electron chi connectivity index (χ2n) is 3.03. The highest BCUT2D eigenvalue weighted by Gasteiger charge is 2.09. The Hall–Kier alpha value is -1.69. The molecular formula is C9H5BrN4O. The summed E-state index contributed by atoms with van der Waals surface area (Å²) in [6, 6.07) is 7.67. The van der Waals surface area contributed by atoms with Crippen molar-refractivity contribution in [3.8, 4) is 11.6 Å². The van der Waals surface area contributed by atoms with E-state index in [1.807, 2.05) is 24.3 Å². The van der Waals surface area contributed by atoms with Gasteiger partial charge in [0, 0.05) is 9.86 Å². The van der Waals surface area contributed by atoms with Crippen LogP contribution in [0.25, 0.3) is 22.6 Å². The van der Waals surface area contributed by atoms with Crippen molar-refractivity contribution in [3.05, 3.63) is 28.7 Å². The van der Waals surface area contributed by atoms with Gasteiger partial charge in [0.15, 0.2) is 5.76 Å². The normalized spacial score (nSPS) is 11.0. The van der Waals surface area contributed by atoms with Crippen LogP contribution in [-0.4, -0.2) is 20.6 Å². The van der Waals surface area contributed by atoms with Gasteiger partial charge in [-0.15, -0.1) is 10.2 Å². The SMILES string of the molecule is Brc1ccc2oc(-c3nn[nH]n3)cc2c1. The minimum Gasteiger partial charge on any atom is -0.453 e. The Balaban J connectivity index is 2.22. The molecule has 0 aliphatic carbocycles. The highest BCUT2D eigenvalue weighted by molar-refractivity contribution is 9.10. The summed E-state index contributed by atoms with van der Waals surface area (Å²) in [6.07, 6.45) is 0. The van der Waals surface area contributed by atoms with Crippen molar-refractivity contribution in [2.24, 2.45) is 0 Å². The van der Waals surface area contributed by atoms with E-state index in [1.54, 1.807) is 0 Å². The Morgan fingerprint density at radius 2 is 2.20 bits per heavy atom. The zero-order valence-electron chi connectivity index (χ0n) is 7.44. The third-order valence-electron chi connectivity index (χ3n) is 2.04. The molecule has 74 valence electrons. The summed E-state index contributed by atoms with van der Waals surface area (Å²) in [5, 5.41) is 14.6. The first-order valence-corrected chi connectivity index (χ1v) is 5.05. The van der Waals surface area contributed by atoms with Crippen molar-refractivity contribution in [1.29, 1.82) is 0 Å². The Morgan fingerprint density at radius 1 is 1.27 bits per heavy atom. The maximum Gasteiger partial charge on any atom is 0.239 e. The molecule has 0 bridgehead atoms. The molecule has 0 radical (unpaired) electrons. The fourth-order valence-corrected chi connectivity index (χ4v) is 1.77. The van der Waals surface area contributed by atoms with Crippen molar-refractivity contribution in [1.82, 2.24) is 20.6 Å². The molecule has 0 saturated carbocycles. The zero-order valence-corrected chi connectivity index (χ0v) is 9.02. The van der Waals surface area contributed by atoms with Crippen LogP contribution >= 0.6 is 15.9 Å². The van der Waals surface area contributed by atoms with E-state index in [-0.39, 0.29) is 0 Å². The number of tetrazole rings is 1. The average molecular weight is 265 g/mol. The molecule has 1 N–H and O–H groups in total. The van der Waals surface area contributed by atoms with Crippen molar-refractivity contribution < 1.29 is 4.42 Å². The second-order valence-corrected chi connectivity index (χ2v) is 3.94. The Labute approximate surface area is 92.6 Å². The maximum atomic E-state index is 5.56. The van der Waals surface area contributed by atoms with E-state index in [0.29, 0.717) is 11.6 Å². The fraction of sp³-hybridized carbons (Fsp3) is 0.